The molecule has 0 amide bonds. The molecule has 0 bridgehead atoms. The summed E-state index contributed by atoms with van der Waals surface area (Å²) in [5.41, 5.74) is 0.104. The SMILES string of the molecule is O=S(=O)(C(=CF)c1ccc(F)cc1)c1ccccc1. The van der Waals surface area contributed by atoms with Crippen molar-refractivity contribution in [2.45, 2.75) is 4.90 Å². The largest absolute Gasteiger partial charge is 0.218 e. The Labute approximate surface area is 109 Å². The van der Waals surface area contributed by atoms with Gasteiger partial charge < -0.3 is 0 Å². The molecule has 0 unspecified atom stereocenters. The molecule has 0 aliphatic carbocycles. The fourth-order valence-corrected chi connectivity index (χ4v) is 2.95. The zero-order chi connectivity index (χ0) is 13.9. The zero-order valence-electron chi connectivity index (χ0n) is 9.75. The third-order valence-corrected chi connectivity index (χ3v) is 4.37. The van der Waals surface area contributed by atoms with Crippen molar-refractivity contribution in [1.29, 1.82) is 0 Å². The van der Waals surface area contributed by atoms with Gasteiger partial charge in [0.05, 0.1) is 4.90 Å². The van der Waals surface area contributed by atoms with Crippen molar-refractivity contribution < 1.29 is 17.2 Å². The number of hydrogen-bond acceptors (Lipinski definition) is 2. The molecule has 19 heavy (non-hydrogen) atoms. The van der Waals surface area contributed by atoms with Crippen LogP contribution in [-0.2, 0) is 9.84 Å². The number of rotatable bonds is 3. The van der Waals surface area contributed by atoms with Gasteiger partial charge in [-0.3, -0.25) is 0 Å². The van der Waals surface area contributed by atoms with Crippen molar-refractivity contribution in [3.63, 3.8) is 0 Å². The molecule has 0 aliphatic heterocycles. The van der Waals surface area contributed by atoms with Crippen LogP contribution in [0, 0.1) is 5.82 Å². The van der Waals surface area contributed by atoms with E-state index in [0.29, 0.717) is 0 Å². The van der Waals surface area contributed by atoms with E-state index in [1.54, 1.807) is 18.2 Å². The van der Waals surface area contributed by atoms with Gasteiger partial charge in [-0.25, -0.2) is 17.2 Å². The van der Waals surface area contributed by atoms with Gasteiger partial charge in [0.15, 0.2) is 0 Å². The smallest absolute Gasteiger partial charge is 0.209 e. The van der Waals surface area contributed by atoms with E-state index in [1.165, 1.54) is 24.3 Å². The lowest BCUT2D eigenvalue weighted by atomic mass is 10.2. The van der Waals surface area contributed by atoms with Crippen molar-refractivity contribution in [2.24, 2.45) is 0 Å². The van der Waals surface area contributed by atoms with Crippen LogP contribution in [-0.4, -0.2) is 8.42 Å². The number of halogens is 2. The van der Waals surface area contributed by atoms with Gasteiger partial charge in [0, 0.05) is 0 Å². The average molecular weight is 280 g/mol. The molecule has 2 aromatic rings. The average Bonchev–Trinajstić information content (AvgIpc) is 2.42. The normalized spacial score (nSPS) is 12.4. The van der Waals surface area contributed by atoms with Crippen LogP contribution in [0.15, 0.2) is 65.8 Å². The summed E-state index contributed by atoms with van der Waals surface area (Å²) in [6.07, 6.45) is 0.0234. The van der Waals surface area contributed by atoms with Crippen molar-refractivity contribution in [2.75, 3.05) is 0 Å². The summed E-state index contributed by atoms with van der Waals surface area (Å²) >= 11 is 0. The maximum absolute atomic E-state index is 13.0. The van der Waals surface area contributed by atoms with E-state index in [2.05, 4.69) is 0 Å². The molecule has 2 aromatic carbocycles. The number of hydrogen-bond donors (Lipinski definition) is 0. The second kappa shape index (κ2) is 5.32. The van der Waals surface area contributed by atoms with Gasteiger partial charge in [-0.15, -0.1) is 0 Å². The van der Waals surface area contributed by atoms with E-state index in [0.717, 1.165) is 12.1 Å². The molecule has 0 N–H and O–H groups in total. The Kier molecular flexibility index (Phi) is 3.76. The lowest BCUT2D eigenvalue weighted by Crippen LogP contribution is -2.03. The molecular weight excluding hydrogens is 270 g/mol. The highest BCUT2D eigenvalue weighted by atomic mass is 32.2. The molecule has 0 atom stereocenters. The summed E-state index contributed by atoms with van der Waals surface area (Å²) in [7, 11) is -3.95. The first-order valence-electron chi connectivity index (χ1n) is 5.42. The molecule has 2 rings (SSSR count). The third kappa shape index (κ3) is 2.71. The van der Waals surface area contributed by atoms with Crippen LogP contribution in [0.1, 0.15) is 5.56 Å². The van der Waals surface area contributed by atoms with E-state index in [4.69, 9.17) is 0 Å². The Hall–Kier alpha value is -2.01. The Balaban J connectivity index is 2.52. The Bertz CT molecular complexity index is 690. The number of sulfone groups is 1. The van der Waals surface area contributed by atoms with Gasteiger partial charge in [0.1, 0.15) is 17.1 Å². The maximum atomic E-state index is 13.0. The van der Waals surface area contributed by atoms with Gasteiger partial charge in [0.25, 0.3) is 0 Å². The van der Waals surface area contributed by atoms with E-state index < -0.39 is 20.6 Å². The first-order chi connectivity index (χ1) is 9.05. The highest BCUT2D eigenvalue weighted by Crippen LogP contribution is 2.28. The maximum Gasteiger partial charge on any atom is 0.209 e. The molecule has 0 heterocycles. The zero-order valence-corrected chi connectivity index (χ0v) is 10.6. The van der Waals surface area contributed by atoms with Crippen molar-refractivity contribution in [3.05, 3.63) is 72.3 Å². The van der Waals surface area contributed by atoms with E-state index >= 15 is 0 Å². The highest BCUT2D eigenvalue weighted by Gasteiger charge is 2.22. The molecule has 0 aliphatic rings. The summed E-state index contributed by atoms with van der Waals surface area (Å²) in [6, 6.07) is 12.1. The molecule has 0 radical (unpaired) electrons. The topological polar surface area (TPSA) is 34.1 Å². The van der Waals surface area contributed by atoms with Crippen LogP contribution in [0.4, 0.5) is 8.78 Å². The standard InChI is InChI=1S/C14H10F2O2S/c15-10-14(11-6-8-12(16)9-7-11)19(17,18)13-4-2-1-3-5-13/h1-10H. The van der Waals surface area contributed by atoms with Gasteiger partial charge in [-0.2, -0.15) is 0 Å². The predicted molar refractivity (Wildman–Crippen MR) is 69.1 cm³/mol. The van der Waals surface area contributed by atoms with Crippen LogP contribution in [0.2, 0.25) is 0 Å². The Morgan fingerprint density at radius 1 is 0.947 bits per heavy atom. The monoisotopic (exact) mass is 280 g/mol. The predicted octanol–water partition coefficient (Wildman–Crippen LogP) is 3.57. The van der Waals surface area contributed by atoms with Crippen LogP contribution >= 0.6 is 0 Å². The van der Waals surface area contributed by atoms with Crippen LogP contribution < -0.4 is 0 Å². The molecule has 0 aromatic heterocycles. The van der Waals surface area contributed by atoms with Crippen LogP contribution in [0.5, 0.6) is 0 Å². The molecule has 0 spiro atoms. The lowest BCUT2D eigenvalue weighted by Gasteiger charge is -2.08. The minimum Gasteiger partial charge on any atom is -0.218 e. The highest BCUT2D eigenvalue weighted by molar-refractivity contribution is 8.00. The lowest BCUT2D eigenvalue weighted by molar-refractivity contribution is 0.604. The first-order valence-corrected chi connectivity index (χ1v) is 6.90. The summed E-state index contributed by atoms with van der Waals surface area (Å²) in [5.74, 6) is -0.515. The molecule has 0 saturated heterocycles. The summed E-state index contributed by atoms with van der Waals surface area (Å²) < 4.78 is 50.3. The van der Waals surface area contributed by atoms with Gasteiger partial charge >= 0.3 is 0 Å². The van der Waals surface area contributed by atoms with E-state index in [9.17, 15) is 17.2 Å². The van der Waals surface area contributed by atoms with Crippen molar-refractivity contribution in [1.82, 2.24) is 0 Å². The third-order valence-electron chi connectivity index (χ3n) is 2.57. The number of benzene rings is 2. The fraction of sp³-hybridized carbons (Fsp3) is 0. The molecule has 5 heteroatoms. The van der Waals surface area contributed by atoms with Crippen LogP contribution in [0.25, 0.3) is 4.91 Å². The minimum atomic E-state index is -3.95. The summed E-state index contributed by atoms with van der Waals surface area (Å²) in [4.78, 5) is -0.498. The summed E-state index contributed by atoms with van der Waals surface area (Å²) in [5, 5.41) is 0. The van der Waals surface area contributed by atoms with Crippen molar-refractivity contribution >= 4 is 14.7 Å². The van der Waals surface area contributed by atoms with E-state index in [-0.39, 0.29) is 16.8 Å². The Morgan fingerprint density at radius 3 is 2.05 bits per heavy atom. The minimum absolute atomic E-state index is 0.0109. The van der Waals surface area contributed by atoms with Gasteiger partial charge in [0.2, 0.25) is 9.84 Å². The molecule has 0 saturated carbocycles. The second-order valence-electron chi connectivity index (χ2n) is 3.80. The molecule has 98 valence electrons. The van der Waals surface area contributed by atoms with Gasteiger partial charge in [-0.1, -0.05) is 30.3 Å². The van der Waals surface area contributed by atoms with Crippen molar-refractivity contribution in [3.8, 4) is 0 Å². The Morgan fingerprint density at radius 2 is 1.53 bits per heavy atom. The molecule has 2 nitrogen and oxygen atoms in total. The molecular formula is C14H10F2O2S. The first kappa shape index (κ1) is 13.4. The van der Waals surface area contributed by atoms with E-state index in [1.807, 2.05) is 0 Å². The molecule has 0 fully saturated rings. The summed E-state index contributed by atoms with van der Waals surface area (Å²) in [6.45, 7) is 0. The quantitative estimate of drug-likeness (QED) is 0.861. The fourth-order valence-electron chi connectivity index (χ4n) is 1.62. The van der Waals surface area contributed by atoms with Gasteiger partial charge in [-0.05, 0) is 29.8 Å². The second-order valence-corrected chi connectivity index (χ2v) is 5.71. The van der Waals surface area contributed by atoms with Crippen LogP contribution in [0.3, 0.4) is 0 Å².